The fourth-order valence-corrected chi connectivity index (χ4v) is 3.66. The number of rotatable bonds is 8. The van der Waals surface area contributed by atoms with Gasteiger partial charge < -0.3 is 14.6 Å². The third kappa shape index (κ3) is 7.31. The smallest absolute Gasteiger partial charge is 0.349 e. The number of amides is 2. The van der Waals surface area contributed by atoms with E-state index in [2.05, 4.69) is 21.4 Å². The third-order valence-electron chi connectivity index (χ3n) is 4.84. The highest BCUT2D eigenvalue weighted by atomic mass is 79.9. The van der Waals surface area contributed by atoms with E-state index in [1.54, 1.807) is 12.1 Å². The maximum absolute atomic E-state index is 13.0. The normalized spacial score (nSPS) is 12.0. The number of nitrogens with one attached hydrogen (secondary N) is 2. The topological polar surface area (TPSA) is 148 Å². The Bertz CT molecular complexity index is 1380. The van der Waals surface area contributed by atoms with Crippen molar-refractivity contribution in [1.29, 1.82) is 0 Å². The van der Waals surface area contributed by atoms with Crippen LogP contribution in [-0.4, -0.2) is 47.0 Å². The van der Waals surface area contributed by atoms with Gasteiger partial charge in [-0.05, 0) is 48.5 Å². The molecule has 0 unspecified atom stereocenters. The molecule has 0 bridgehead atoms. The number of carboxylic acid groups (broad SMARTS) is 1. The molecule has 0 heterocycles. The van der Waals surface area contributed by atoms with Crippen LogP contribution in [0.5, 0.6) is 0 Å². The number of ether oxygens (including phenoxy) is 2. The van der Waals surface area contributed by atoms with Gasteiger partial charge >= 0.3 is 17.9 Å². The van der Waals surface area contributed by atoms with Gasteiger partial charge in [0.15, 0.2) is 0 Å². The molecule has 0 radical (unpaired) electrons. The van der Waals surface area contributed by atoms with Crippen molar-refractivity contribution < 1.29 is 38.6 Å². The van der Waals surface area contributed by atoms with E-state index in [1.807, 2.05) is 5.43 Å². The lowest BCUT2D eigenvalue weighted by atomic mass is 10.1. The molecular formula is C25H17BrCl2N2O8. The standard InChI is InChI=1S/C25H17BrCl2N2O8/c26-14-11-9-13(10-12-14)21(31)29-30-22(32)19(37-24(35)15-5-1-3-7-17(15)27)20(23(33)34)38-25(36)16-6-2-4-8-18(16)28/h1-12,19-20H,(H,29,31)(H,30,32)(H,33,34)/t19-,20+/m0/s1. The van der Waals surface area contributed by atoms with Crippen LogP contribution in [0.15, 0.2) is 77.3 Å². The van der Waals surface area contributed by atoms with E-state index in [1.165, 1.54) is 60.7 Å². The molecule has 2 amide bonds. The van der Waals surface area contributed by atoms with Gasteiger partial charge in [0.1, 0.15) is 0 Å². The Labute approximate surface area is 233 Å². The largest absolute Gasteiger partial charge is 0.478 e. The Morgan fingerprint density at radius 2 is 1.18 bits per heavy atom. The van der Waals surface area contributed by atoms with E-state index in [0.717, 1.165) is 0 Å². The van der Waals surface area contributed by atoms with Gasteiger partial charge in [-0.2, -0.15) is 0 Å². The van der Waals surface area contributed by atoms with Crippen LogP contribution < -0.4 is 10.9 Å². The van der Waals surface area contributed by atoms with Crippen LogP contribution in [0.1, 0.15) is 31.1 Å². The zero-order valence-corrected chi connectivity index (χ0v) is 22.1. The molecular weight excluding hydrogens is 607 g/mol. The summed E-state index contributed by atoms with van der Waals surface area (Å²) in [5, 5.41) is 9.69. The minimum Gasteiger partial charge on any atom is -0.478 e. The van der Waals surface area contributed by atoms with Gasteiger partial charge in [0.05, 0.1) is 21.2 Å². The molecule has 0 fully saturated rings. The summed E-state index contributed by atoms with van der Waals surface area (Å²) in [4.78, 5) is 62.9. The van der Waals surface area contributed by atoms with Crippen molar-refractivity contribution in [1.82, 2.24) is 10.9 Å². The van der Waals surface area contributed by atoms with Crippen molar-refractivity contribution >= 4 is 68.9 Å². The molecule has 0 aliphatic rings. The van der Waals surface area contributed by atoms with Crippen molar-refractivity contribution in [2.75, 3.05) is 0 Å². The molecule has 0 aromatic heterocycles. The predicted octanol–water partition coefficient (Wildman–Crippen LogP) is 4.05. The number of hydrogen-bond donors (Lipinski definition) is 3. The van der Waals surface area contributed by atoms with Gasteiger partial charge in [-0.1, -0.05) is 63.4 Å². The van der Waals surface area contributed by atoms with E-state index >= 15 is 0 Å². The van der Waals surface area contributed by atoms with Crippen LogP contribution in [0.2, 0.25) is 10.0 Å². The molecule has 0 saturated heterocycles. The monoisotopic (exact) mass is 622 g/mol. The molecule has 3 rings (SSSR count). The Morgan fingerprint density at radius 1 is 0.711 bits per heavy atom. The fraction of sp³-hybridized carbons (Fsp3) is 0.0800. The van der Waals surface area contributed by atoms with E-state index in [0.29, 0.717) is 4.47 Å². The average molecular weight is 624 g/mol. The van der Waals surface area contributed by atoms with E-state index in [9.17, 15) is 29.1 Å². The van der Waals surface area contributed by atoms with E-state index in [4.69, 9.17) is 32.7 Å². The first-order valence-electron chi connectivity index (χ1n) is 10.6. The number of carboxylic acids is 1. The SMILES string of the molecule is O=C(NNC(=O)[C@@H](OC(=O)c1ccccc1Cl)[C@@H](OC(=O)c1ccccc1Cl)C(=O)O)c1ccc(Br)cc1. The number of aliphatic carboxylic acids is 1. The van der Waals surface area contributed by atoms with Crippen LogP contribution in [0, 0.1) is 0 Å². The molecule has 3 aromatic carbocycles. The molecule has 38 heavy (non-hydrogen) atoms. The Hall–Kier alpha value is -3.93. The molecule has 3 aromatic rings. The number of hydrogen-bond acceptors (Lipinski definition) is 7. The van der Waals surface area contributed by atoms with Crippen molar-refractivity contribution in [3.8, 4) is 0 Å². The van der Waals surface area contributed by atoms with Gasteiger partial charge in [-0.15, -0.1) is 0 Å². The third-order valence-corrected chi connectivity index (χ3v) is 6.03. The number of halogens is 3. The Kier molecular flexibility index (Phi) is 9.83. The molecule has 13 heteroatoms. The quantitative estimate of drug-likeness (QED) is 0.251. The van der Waals surface area contributed by atoms with E-state index in [-0.39, 0.29) is 26.7 Å². The first-order valence-corrected chi connectivity index (χ1v) is 12.1. The summed E-state index contributed by atoms with van der Waals surface area (Å²) < 4.78 is 10.9. The zero-order chi connectivity index (χ0) is 27.8. The minimum atomic E-state index is -2.34. The number of benzene rings is 3. The Morgan fingerprint density at radius 3 is 1.66 bits per heavy atom. The lowest BCUT2D eigenvalue weighted by molar-refractivity contribution is -0.159. The van der Waals surface area contributed by atoms with Gasteiger partial charge in [0.2, 0.25) is 12.2 Å². The Balaban J connectivity index is 1.87. The second kappa shape index (κ2) is 13.0. The summed E-state index contributed by atoms with van der Waals surface area (Å²) in [5.41, 5.74) is 3.84. The molecule has 0 spiro atoms. The minimum absolute atomic E-state index is 0.0415. The molecule has 196 valence electrons. The molecule has 10 nitrogen and oxygen atoms in total. The molecule has 0 saturated carbocycles. The predicted molar refractivity (Wildman–Crippen MR) is 139 cm³/mol. The maximum atomic E-state index is 13.0. The summed E-state index contributed by atoms with van der Waals surface area (Å²) in [7, 11) is 0. The fourth-order valence-electron chi connectivity index (χ4n) is 2.97. The van der Waals surface area contributed by atoms with Gasteiger partial charge in [-0.25, -0.2) is 14.4 Å². The van der Waals surface area contributed by atoms with Crippen molar-refractivity contribution in [2.24, 2.45) is 0 Å². The van der Waals surface area contributed by atoms with Crippen molar-refractivity contribution in [3.05, 3.63) is 104 Å². The van der Waals surface area contributed by atoms with Crippen LogP contribution in [-0.2, 0) is 19.1 Å². The highest BCUT2D eigenvalue weighted by Gasteiger charge is 2.41. The lowest BCUT2D eigenvalue weighted by Crippen LogP contribution is -2.54. The number of hydrazine groups is 1. The van der Waals surface area contributed by atoms with Crippen LogP contribution in [0.25, 0.3) is 0 Å². The summed E-state index contributed by atoms with van der Waals surface area (Å²) in [6, 6.07) is 17.3. The highest BCUT2D eigenvalue weighted by molar-refractivity contribution is 9.10. The number of esters is 2. The summed E-state index contributed by atoms with van der Waals surface area (Å²) in [6.45, 7) is 0. The highest BCUT2D eigenvalue weighted by Crippen LogP contribution is 2.21. The lowest BCUT2D eigenvalue weighted by Gasteiger charge is -2.24. The second-order valence-electron chi connectivity index (χ2n) is 7.40. The first-order chi connectivity index (χ1) is 18.1. The molecule has 2 atom stereocenters. The summed E-state index contributed by atoms with van der Waals surface area (Å²) in [6.07, 6.45) is -4.59. The zero-order valence-electron chi connectivity index (χ0n) is 19.0. The number of carbonyl (C=O) groups is 5. The summed E-state index contributed by atoms with van der Waals surface area (Å²) in [5.74, 6) is -6.28. The van der Waals surface area contributed by atoms with Crippen LogP contribution in [0.3, 0.4) is 0 Å². The molecule has 0 aliphatic heterocycles. The van der Waals surface area contributed by atoms with Gasteiger partial charge in [-0.3, -0.25) is 20.4 Å². The van der Waals surface area contributed by atoms with Crippen LogP contribution >= 0.6 is 39.1 Å². The molecule has 3 N–H and O–H groups in total. The van der Waals surface area contributed by atoms with Crippen molar-refractivity contribution in [2.45, 2.75) is 12.2 Å². The van der Waals surface area contributed by atoms with Gasteiger partial charge in [0.25, 0.3) is 11.8 Å². The van der Waals surface area contributed by atoms with E-state index < -0.39 is 41.9 Å². The first kappa shape index (κ1) is 28.6. The molecule has 0 aliphatic carbocycles. The summed E-state index contributed by atoms with van der Waals surface area (Å²) >= 11 is 15.2. The van der Waals surface area contributed by atoms with Gasteiger partial charge in [0, 0.05) is 10.0 Å². The average Bonchev–Trinajstić information content (AvgIpc) is 2.89. The number of carbonyl (C=O) groups excluding carboxylic acids is 4. The second-order valence-corrected chi connectivity index (χ2v) is 9.13. The van der Waals surface area contributed by atoms with Crippen molar-refractivity contribution in [3.63, 3.8) is 0 Å². The van der Waals surface area contributed by atoms with Crippen LogP contribution in [0.4, 0.5) is 0 Å². The maximum Gasteiger partial charge on any atom is 0.349 e.